The van der Waals surface area contributed by atoms with Gasteiger partial charge in [0.05, 0.1) is 0 Å². The van der Waals surface area contributed by atoms with Crippen LogP contribution in [0.25, 0.3) is 0 Å². The average molecular weight is 297 g/mol. The minimum Gasteiger partial charge on any atom is -0.329 e. The minimum absolute atomic E-state index is 0.342. The molecule has 0 spiro atoms. The SMILES string of the molecule is CCCCCCCC(C)N([C]=O)C(C)CCCCCCC. The Morgan fingerprint density at radius 2 is 1.10 bits per heavy atom. The fraction of sp³-hybridized carbons (Fsp3) is 0.947. The first-order valence-electron chi connectivity index (χ1n) is 9.33. The van der Waals surface area contributed by atoms with Crippen molar-refractivity contribution in [2.45, 2.75) is 117 Å². The molecule has 2 atom stereocenters. The van der Waals surface area contributed by atoms with Crippen molar-refractivity contribution in [3.63, 3.8) is 0 Å². The third-order valence-corrected chi connectivity index (χ3v) is 4.51. The Labute approximate surface area is 133 Å². The quantitative estimate of drug-likeness (QED) is 0.274. The van der Waals surface area contributed by atoms with Crippen molar-refractivity contribution in [2.75, 3.05) is 0 Å². The minimum atomic E-state index is 0.342. The van der Waals surface area contributed by atoms with E-state index in [1.165, 1.54) is 64.2 Å². The molecule has 0 aliphatic heterocycles. The maximum Gasteiger partial charge on any atom is 0.312 e. The zero-order valence-electron chi connectivity index (χ0n) is 15.0. The molecule has 0 aliphatic carbocycles. The van der Waals surface area contributed by atoms with Crippen LogP contribution in [0.2, 0.25) is 0 Å². The van der Waals surface area contributed by atoms with Crippen molar-refractivity contribution >= 4 is 6.41 Å². The molecule has 2 heteroatoms. The van der Waals surface area contributed by atoms with Gasteiger partial charge < -0.3 is 4.90 Å². The summed E-state index contributed by atoms with van der Waals surface area (Å²) in [5.41, 5.74) is 0. The molecule has 0 saturated carbocycles. The van der Waals surface area contributed by atoms with Gasteiger partial charge >= 0.3 is 6.41 Å². The van der Waals surface area contributed by atoms with E-state index in [0.29, 0.717) is 12.1 Å². The zero-order chi connectivity index (χ0) is 15.9. The Morgan fingerprint density at radius 3 is 1.43 bits per heavy atom. The molecule has 0 aromatic rings. The molecule has 1 radical (unpaired) electrons. The van der Waals surface area contributed by atoms with Crippen molar-refractivity contribution in [3.8, 4) is 0 Å². The lowest BCUT2D eigenvalue weighted by molar-refractivity contribution is 0.222. The molecule has 0 aromatic carbocycles. The van der Waals surface area contributed by atoms with Gasteiger partial charge in [-0.05, 0) is 26.7 Å². The lowest BCUT2D eigenvalue weighted by atomic mass is 10.0. The number of hydrogen-bond donors (Lipinski definition) is 0. The highest BCUT2D eigenvalue weighted by Crippen LogP contribution is 2.16. The largest absolute Gasteiger partial charge is 0.329 e. The van der Waals surface area contributed by atoms with Crippen LogP contribution < -0.4 is 0 Å². The summed E-state index contributed by atoms with van der Waals surface area (Å²) in [5, 5.41) is 0. The monoisotopic (exact) mass is 296 g/mol. The van der Waals surface area contributed by atoms with E-state index in [-0.39, 0.29) is 0 Å². The lowest BCUT2D eigenvalue weighted by Gasteiger charge is -2.30. The summed E-state index contributed by atoms with van der Waals surface area (Å²) < 4.78 is 0. The van der Waals surface area contributed by atoms with E-state index in [4.69, 9.17) is 0 Å². The van der Waals surface area contributed by atoms with Crippen LogP contribution in [0.1, 0.15) is 105 Å². The van der Waals surface area contributed by atoms with E-state index >= 15 is 0 Å². The van der Waals surface area contributed by atoms with E-state index in [1.807, 2.05) is 4.90 Å². The summed E-state index contributed by atoms with van der Waals surface area (Å²) in [7, 11) is 0. The van der Waals surface area contributed by atoms with E-state index in [1.54, 1.807) is 0 Å². The van der Waals surface area contributed by atoms with E-state index in [0.717, 1.165) is 12.8 Å². The van der Waals surface area contributed by atoms with Gasteiger partial charge in [0.1, 0.15) is 0 Å². The van der Waals surface area contributed by atoms with E-state index in [2.05, 4.69) is 34.1 Å². The number of amides is 1. The van der Waals surface area contributed by atoms with E-state index < -0.39 is 0 Å². The Kier molecular flexibility index (Phi) is 14.0. The zero-order valence-corrected chi connectivity index (χ0v) is 15.0. The summed E-state index contributed by atoms with van der Waals surface area (Å²) in [4.78, 5) is 13.2. The Hall–Kier alpha value is -0.530. The van der Waals surface area contributed by atoms with Gasteiger partial charge in [-0.1, -0.05) is 78.1 Å². The third-order valence-electron chi connectivity index (χ3n) is 4.51. The molecular formula is C19H38NO. The molecule has 125 valence electrons. The number of hydrogen-bond acceptors (Lipinski definition) is 1. The average Bonchev–Trinajstić information content (AvgIpc) is 2.47. The topological polar surface area (TPSA) is 20.3 Å². The van der Waals surface area contributed by atoms with Crippen LogP contribution >= 0.6 is 0 Å². The fourth-order valence-corrected chi connectivity index (χ4v) is 2.98. The van der Waals surface area contributed by atoms with Crippen LogP contribution in [0.5, 0.6) is 0 Å². The van der Waals surface area contributed by atoms with Crippen LogP contribution in [-0.2, 0) is 4.79 Å². The molecule has 0 bridgehead atoms. The van der Waals surface area contributed by atoms with Crippen molar-refractivity contribution in [2.24, 2.45) is 0 Å². The molecule has 0 rings (SSSR count). The Morgan fingerprint density at radius 1 is 0.714 bits per heavy atom. The Balaban J connectivity index is 3.84. The number of rotatable bonds is 15. The van der Waals surface area contributed by atoms with E-state index in [9.17, 15) is 4.79 Å². The van der Waals surface area contributed by atoms with Crippen LogP contribution in [0, 0.1) is 0 Å². The van der Waals surface area contributed by atoms with Gasteiger partial charge in [-0.25, -0.2) is 0 Å². The lowest BCUT2D eigenvalue weighted by Crippen LogP contribution is -2.39. The molecule has 0 aromatic heterocycles. The van der Waals surface area contributed by atoms with Crippen LogP contribution in [0.15, 0.2) is 0 Å². The maximum atomic E-state index is 11.3. The highest BCUT2D eigenvalue weighted by Gasteiger charge is 2.18. The van der Waals surface area contributed by atoms with Crippen molar-refractivity contribution in [1.29, 1.82) is 0 Å². The first-order valence-corrected chi connectivity index (χ1v) is 9.33. The normalized spacial score (nSPS) is 13.9. The second-order valence-corrected chi connectivity index (χ2v) is 6.60. The molecule has 1 amide bonds. The Bertz CT molecular complexity index is 210. The first-order chi connectivity index (χ1) is 10.2. The molecule has 0 fully saturated rings. The molecule has 2 unspecified atom stereocenters. The predicted molar refractivity (Wildman–Crippen MR) is 93.2 cm³/mol. The molecule has 21 heavy (non-hydrogen) atoms. The standard InChI is InChI=1S/C19H38NO/c1-5-7-9-11-13-15-18(3)20(17-21)19(4)16-14-12-10-8-6-2/h18-19H,5-16H2,1-4H3. The molecular weight excluding hydrogens is 258 g/mol. The number of carbonyl (C=O) groups excluding carboxylic acids is 1. The van der Waals surface area contributed by atoms with Crippen LogP contribution in [0.4, 0.5) is 0 Å². The highest BCUT2D eigenvalue weighted by atomic mass is 16.1. The molecule has 0 heterocycles. The van der Waals surface area contributed by atoms with Crippen LogP contribution in [-0.4, -0.2) is 23.4 Å². The fourth-order valence-electron chi connectivity index (χ4n) is 2.98. The summed E-state index contributed by atoms with van der Waals surface area (Å²) in [6.07, 6.45) is 17.4. The van der Waals surface area contributed by atoms with Gasteiger partial charge in [0, 0.05) is 12.1 Å². The van der Waals surface area contributed by atoms with Gasteiger partial charge in [-0.3, -0.25) is 4.79 Å². The molecule has 2 nitrogen and oxygen atoms in total. The number of nitrogens with zero attached hydrogens (tertiary/aromatic N) is 1. The number of unbranched alkanes of at least 4 members (excludes halogenated alkanes) is 8. The summed E-state index contributed by atoms with van der Waals surface area (Å²) in [6, 6.07) is 0.685. The summed E-state index contributed by atoms with van der Waals surface area (Å²) in [6.45, 7) is 8.85. The van der Waals surface area contributed by atoms with Gasteiger partial charge in [0.15, 0.2) is 0 Å². The second kappa shape index (κ2) is 14.4. The predicted octanol–water partition coefficient (Wildman–Crippen LogP) is 5.85. The molecule has 0 saturated heterocycles. The van der Waals surface area contributed by atoms with Crippen molar-refractivity contribution in [3.05, 3.63) is 0 Å². The van der Waals surface area contributed by atoms with Crippen molar-refractivity contribution in [1.82, 2.24) is 4.90 Å². The smallest absolute Gasteiger partial charge is 0.312 e. The van der Waals surface area contributed by atoms with Gasteiger partial charge in [0.2, 0.25) is 0 Å². The summed E-state index contributed by atoms with van der Waals surface area (Å²) >= 11 is 0. The van der Waals surface area contributed by atoms with Gasteiger partial charge in [-0.15, -0.1) is 0 Å². The first kappa shape index (κ1) is 20.5. The molecule has 0 aliphatic rings. The van der Waals surface area contributed by atoms with Crippen LogP contribution in [0.3, 0.4) is 0 Å². The van der Waals surface area contributed by atoms with Gasteiger partial charge in [-0.2, -0.15) is 0 Å². The second-order valence-electron chi connectivity index (χ2n) is 6.60. The summed E-state index contributed by atoms with van der Waals surface area (Å²) in [5.74, 6) is 0. The highest BCUT2D eigenvalue weighted by molar-refractivity contribution is 5.49. The van der Waals surface area contributed by atoms with Crippen molar-refractivity contribution < 1.29 is 4.79 Å². The third kappa shape index (κ3) is 10.8. The molecule has 0 N–H and O–H groups in total. The maximum absolute atomic E-state index is 11.3. The van der Waals surface area contributed by atoms with Gasteiger partial charge in [0.25, 0.3) is 0 Å².